The van der Waals surface area contributed by atoms with Crippen molar-refractivity contribution in [3.8, 4) is 22.5 Å². The van der Waals surface area contributed by atoms with Crippen LogP contribution in [0, 0.1) is 41.5 Å². The summed E-state index contributed by atoms with van der Waals surface area (Å²) in [7, 11) is -9.77. The second-order valence-electron chi connectivity index (χ2n) is 16.4. The Labute approximate surface area is 375 Å². The van der Waals surface area contributed by atoms with Gasteiger partial charge in [-0.25, -0.2) is 4.99 Å². The van der Waals surface area contributed by atoms with E-state index in [0.29, 0.717) is 52.1 Å². The zero-order valence-electron chi connectivity index (χ0n) is 37.5. The Hall–Kier alpha value is -5.87. The maximum absolute atomic E-state index is 13.3. The summed E-state index contributed by atoms with van der Waals surface area (Å²) >= 11 is 0. The minimum atomic E-state index is -4.96. The first-order chi connectivity index (χ1) is 30.2. The van der Waals surface area contributed by atoms with Crippen LogP contribution >= 0.6 is 0 Å². The number of benzene rings is 5. The van der Waals surface area contributed by atoms with Gasteiger partial charge < -0.3 is 20.4 Å². The Kier molecular flexibility index (Phi) is 14.5. The van der Waals surface area contributed by atoms with Crippen molar-refractivity contribution in [2.75, 3.05) is 16.0 Å². The Morgan fingerprint density at radius 1 is 0.625 bits per heavy atom. The highest BCUT2D eigenvalue weighted by Gasteiger charge is 2.27. The molecule has 0 aromatic heterocycles. The number of hydrogen-bond donors (Lipinski definition) is 5. The number of amides is 2. The maximum atomic E-state index is 13.3. The van der Waals surface area contributed by atoms with Gasteiger partial charge in [0.25, 0.3) is 20.2 Å². The van der Waals surface area contributed by atoms with E-state index in [4.69, 9.17) is 9.41 Å². The van der Waals surface area contributed by atoms with E-state index in [1.54, 1.807) is 31.2 Å². The first kappa shape index (κ1) is 47.6. The normalized spacial score (nSPS) is 12.2. The molecular formula is C49H56N4O9S2. The molecule has 1 aliphatic carbocycles. The van der Waals surface area contributed by atoms with Gasteiger partial charge in [-0.05, 0) is 112 Å². The van der Waals surface area contributed by atoms with Gasteiger partial charge in [0.1, 0.15) is 21.1 Å². The van der Waals surface area contributed by atoms with Crippen LogP contribution in [0.15, 0.2) is 85.9 Å². The summed E-state index contributed by atoms with van der Waals surface area (Å²) in [6.45, 7) is 15.4. The van der Waals surface area contributed by atoms with Crippen molar-refractivity contribution < 1.29 is 39.9 Å². The molecule has 5 N–H and O–H groups in total. The Morgan fingerprint density at radius 3 is 1.78 bits per heavy atom. The molecule has 4 aromatic carbocycles. The molecule has 4 aromatic rings. The quantitative estimate of drug-likeness (QED) is 0.0353. The van der Waals surface area contributed by atoms with Crippen LogP contribution in [0.1, 0.15) is 98.6 Å². The van der Waals surface area contributed by atoms with Crippen molar-refractivity contribution in [1.82, 2.24) is 0 Å². The van der Waals surface area contributed by atoms with Crippen LogP contribution < -0.4 is 21.3 Å². The SMILES string of the molecule is CCCCCC(=O)Nc1c(C)cc(C)c(/N=c2/ccc3c(-c4ccccc4S(=O)(=O)O)c4cc(S(=O)(=O)O)c(Nc5c(C)cc(C)c(NC(=O)CCCCC)c5C)cc4oc-3c2)c1C. The fourth-order valence-electron chi connectivity index (χ4n) is 8.32. The van der Waals surface area contributed by atoms with Gasteiger partial charge in [-0.1, -0.05) is 69.9 Å². The molecule has 15 heteroatoms. The van der Waals surface area contributed by atoms with Gasteiger partial charge in [0.2, 0.25) is 11.8 Å². The van der Waals surface area contributed by atoms with Gasteiger partial charge in [0.15, 0.2) is 0 Å². The standard InChI is InChI=1S/C49H56N4O9S2/c1-9-11-13-19-43(54)52-48-30(5)23-28(3)46(32(48)7)50-34-21-22-35-39(25-34)62-40-27-38(51-47-29(4)24-31(6)49(33(47)8)53-44(55)20-14-12-10-2)42(64(59,60)61)26-37(40)45(35)36-17-15-16-18-41(36)63(56,57)58/h15-18,21-27,51H,9-14,19-20H2,1-8H3,(H,52,54)(H,53,55)(H,56,57,58)(H,59,60,61)/b50-34-. The molecule has 6 rings (SSSR count). The predicted octanol–water partition coefficient (Wildman–Crippen LogP) is 11.6. The average molecular weight is 909 g/mol. The smallest absolute Gasteiger partial charge is 0.296 e. The lowest BCUT2D eigenvalue weighted by Gasteiger charge is -2.22. The zero-order valence-corrected chi connectivity index (χ0v) is 39.2. The van der Waals surface area contributed by atoms with E-state index in [9.17, 15) is 35.5 Å². The molecule has 0 saturated heterocycles. The van der Waals surface area contributed by atoms with Crippen molar-refractivity contribution >= 4 is 71.5 Å². The highest BCUT2D eigenvalue weighted by atomic mass is 32.2. The van der Waals surface area contributed by atoms with Gasteiger partial charge in [0.05, 0.1) is 16.7 Å². The van der Waals surface area contributed by atoms with Gasteiger partial charge >= 0.3 is 0 Å². The Bertz CT molecular complexity index is 3070. The molecule has 338 valence electrons. The number of nitrogens with zero attached hydrogens (tertiary/aromatic N) is 1. The third kappa shape index (κ3) is 10.4. The topological polar surface area (TPSA) is 204 Å². The maximum Gasteiger partial charge on any atom is 0.296 e. The van der Waals surface area contributed by atoms with Gasteiger partial charge in [-0.2, -0.15) is 16.8 Å². The van der Waals surface area contributed by atoms with E-state index >= 15 is 0 Å². The molecule has 2 amide bonds. The van der Waals surface area contributed by atoms with E-state index in [1.807, 2.05) is 46.8 Å². The van der Waals surface area contributed by atoms with Crippen molar-refractivity contribution in [2.45, 2.75) is 117 Å². The number of nitrogens with one attached hydrogen (secondary N) is 3. The largest absolute Gasteiger partial charge is 0.456 e. The van der Waals surface area contributed by atoms with Crippen molar-refractivity contribution in [1.29, 1.82) is 0 Å². The summed E-state index contributed by atoms with van der Waals surface area (Å²) in [5.41, 5.74) is 7.73. The molecule has 1 aliphatic heterocycles. The summed E-state index contributed by atoms with van der Waals surface area (Å²) in [5.74, 6) is 0.0142. The van der Waals surface area contributed by atoms with Crippen LogP contribution in [0.4, 0.5) is 28.4 Å². The van der Waals surface area contributed by atoms with E-state index < -0.39 is 30.0 Å². The molecule has 2 aliphatic rings. The Morgan fingerprint density at radius 2 is 1.19 bits per heavy atom. The summed E-state index contributed by atoms with van der Waals surface area (Å²) in [6, 6.07) is 17.2. The number of unbranched alkanes of at least 4 members (excludes halogenated alkanes) is 4. The molecule has 0 bridgehead atoms. The lowest BCUT2D eigenvalue weighted by atomic mass is 9.93. The Balaban J connectivity index is 1.59. The number of fused-ring (bicyclic) bond motifs is 2. The van der Waals surface area contributed by atoms with Crippen LogP contribution in [-0.4, -0.2) is 37.8 Å². The zero-order chi connectivity index (χ0) is 46.7. The minimum absolute atomic E-state index is 0.0524. The van der Waals surface area contributed by atoms with Gasteiger partial charge in [0, 0.05) is 64.1 Å². The summed E-state index contributed by atoms with van der Waals surface area (Å²) in [4.78, 5) is 29.9. The number of carbonyl (C=O) groups excluding carboxylic acids is 2. The molecule has 0 spiro atoms. The molecule has 0 saturated carbocycles. The van der Waals surface area contributed by atoms with Crippen LogP contribution in [0.2, 0.25) is 0 Å². The molecule has 0 fully saturated rings. The first-order valence-corrected chi connectivity index (χ1v) is 24.3. The van der Waals surface area contributed by atoms with E-state index in [2.05, 4.69) is 29.8 Å². The molecule has 0 radical (unpaired) electrons. The fourth-order valence-corrected chi connectivity index (χ4v) is 9.68. The van der Waals surface area contributed by atoms with Gasteiger partial charge in [-0.15, -0.1) is 0 Å². The van der Waals surface area contributed by atoms with E-state index in [0.717, 1.165) is 66.3 Å². The number of aryl methyl sites for hydroxylation is 4. The monoisotopic (exact) mass is 908 g/mol. The third-order valence-corrected chi connectivity index (χ3v) is 13.3. The number of rotatable bonds is 16. The molecule has 1 heterocycles. The lowest BCUT2D eigenvalue weighted by molar-refractivity contribution is -0.117. The second kappa shape index (κ2) is 19.5. The highest BCUT2D eigenvalue weighted by Crippen LogP contribution is 2.45. The molecule has 0 atom stereocenters. The number of anilines is 4. The summed E-state index contributed by atoms with van der Waals surface area (Å²) < 4.78 is 80.0. The van der Waals surface area contributed by atoms with E-state index in [-0.39, 0.29) is 45.4 Å². The lowest BCUT2D eigenvalue weighted by Crippen LogP contribution is -2.14. The summed E-state index contributed by atoms with van der Waals surface area (Å²) in [5, 5.41) is 9.88. The van der Waals surface area contributed by atoms with E-state index in [1.165, 1.54) is 30.3 Å². The van der Waals surface area contributed by atoms with Crippen molar-refractivity contribution in [2.24, 2.45) is 4.99 Å². The minimum Gasteiger partial charge on any atom is -0.456 e. The fraction of sp³-hybridized carbons (Fsp3) is 0.327. The second-order valence-corrected chi connectivity index (χ2v) is 19.2. The molecule has 13 nitrogen and oxygen atoms in total. The third-order valence-electron chi connectivity index (χ3n) is 11.5. The molecule has 0 unspecified atom stereocenters. The predicted molar refractivity (Wildman–Crippen MR) is 253 cm³/mol. The molecule has 64 heavy (non-hydrogen) atoms. The first-order valence-electron chi connectivity index (χ1n) is 21.4. The summed E-state index contributed by atoms with van der Waals surface area (Å²) in [6.07, 6.45) is 6.11. The molecular weight excluding hydrogens is 853 g/mol. The van der Waals surface area contributed by atoms with Crippen LogP contribution in [0.3, 0.4) is 0 Å². The number of carbonyl (C=O) groups is 2. The van der Waals surface area contributed by atoms with Crippen LogP contribution in [0.25, 0.3) is 33.4 Å². The highest BCUT2D eigenvalue weighted by molar-refractivity contribution is 7.86. The van der Waals surface area contributed by atoms with Crippen LogP contribution in [-0.2, 0) is 29.8 Å². The van der Waals surface area contributed by atoms with Crippen molar-refractivity contribution in [3.05, 3.63) is 105 Å². The average Bonchev–Trinajstić information content (AvgIpc) is 3.22. The van der Waals surface area contributed by atoms with Crippen LogP contribution in [0.5, 0.6) is 0 Å². The van der Waals surface area contributed by atoms with Gasteiger partial charge in [-0.3, -0.25) is 18.7 Å². The number of hydrogen-bond acceptors (Lipinski definition) is 9. The van der Waals surface area contributed by atoms with Crippen molar-refractivity contribution in [3.63, 3.8) is 0 Å².